The van der Waals surface area contributed by atoms with Crippen LogP contribution in [0.4, 0.5) is 0 Å². The van der Waals surface area contributed by atoms with Crippen LogP contribution >= 0.6 is 11.3 Å². The van der Waals surface area contributed by atoms with E-state index in [1.807, 2.05) is 60.0 Å². The summed E-state index contributed by atoms with van der Waals surface area (Å²) in [5.74, 6) is -0.586. The number of nitrogens with zero attached hydrogens (tertiary/aromatic N) is 1. The van der Waals surface area contributed by atoms with E-state index in [0.29, 0.717) is 21.7 Å². The van der Waals surface area contributed by atoms with Gasteiger partial charge in [-0.3, -0.25) is 14.6 Å². The first-order chi connectivity index (χ1) is 16.4. The Morgan fingerprint density at radius 1 is 0.853 bits per heavy atom. The highest BCUT2D eigenvalue weighted by Crippen LogP contribution is 2.28. The Labute approximate surface area is 201 Å². The largest absolute Gasteiger partial charge is 0.465 e. The minimum Gasteiger partial charge on any atom is -0.465 e. The Morgan fingerprint density at radius 2 is 1.44 bits per heavy atom. The van der Waals surface area contributed by atoms with Gasteiger partial charge in [0.2, 0.25) is 0 Å². The molecule has 7 heteroatoms. The van der Waals surface area contributed by atoms with E-state index >= 15 is 0 Å². The maximum Gasteiger partial charge on any atom is 0.339 e. The van der Waals surface area contributed by atoms with Gasteiger partial charge in [-0.15, -0.1) is 11.3 Å². The first kappa shape index (κ1) is 23.1. The number of amides is 1. The van der Waals surface area contributed by atoms with E-state index in [-0.39, 0.29) is 18.2 Å². The van der Waals surface area contributed by atoms with Gasteiger partial charge in [-0.05, 0) is 52.8 Å². The molecule has 2 aromatic carbocycles. The van der Waals surface area contributed by atoms with E-state index in [1.54, 1.807) is 19.1 Å². The number of aromatic nitrogens is 1. The number of hydrogen-bond donors (Lipinski definition) is 1. The van der Waals surface area contributed by atoms with E-state index < -0.39 is 5.97 Å². The molecule has 0 aliphatic rings. The Balaban J connectivity index is 1.39. The highest BCUT2D eigenvalue weighted by atomic mass is 32.1. The van der Waals surface area contributed by atoms with Crippen molar-refractivity contribution in [2.24, 2.45) is 0 Å². The third-order valence-corrected chi connectivity index (χ3v) is 6.27. The molecule has 0 bridgehead atoms. The topological polar surface area (TPSA) is 85.4 Å². The van der Waals surface area contributed by atoms with Crippen molar-refractivity contribution in [1.82, 2.24) is 10.3 Å². The zero-order valence-corrected chi connectivity index (χ0v) is 19.5. The van der Waals surface area contributed by atoms with Crippen LogP contribution in [-0.4, -0.2) is 29.8 Å². The first-order valence-corrected chi connectivity index (χ1v) is 11.4. The highest BCUT2D eigenvalue weighted by molar-refractivity contribution is 7.12. The van der Waals surface area contributed by atoms with Gasteiger partial charge in [0.05, 0.1) is 29.8 Å². The lowest BCUT2D eigenvalue weighted by Crippen LogP contribution is -2.22. The van der Waals surface area contributed by atoms with Crippen LogP contribution in [0.15, 0.2) is 78.3 Å². The molecule has 4 aromatic rings. The fourth-order valence-electron chi connectivity index (χ4n) is 3.38. The number of ether oxygens (including phenoxy) is 1. The number of ketones is 1. The molecule has 4 rings (SSSR count). The third-order valence-electron chi connectivity index (χ3n) is 5.34. The second-order valence-corrected chi connectivity index (χ2v) is 8.53. The second kappa shape index (κ2) is 10.2. The molecule has 0 spiro atoms. The summed E-state index contributed by atoms with van der Waals surface area (Å²) in [5.41, 5.74) is 5.77. The van der Waals surface area contributed by atoms with Crippen LogP contribution in [-0.2, 0) is 11.3 Å². The zero-order chi connectivity index (χ0) is 24.1. The van der Waals surface area contributed by atoms with Crippen molar-refractivity contribution in [2.75, 3.05) is 7.11 Å². The average Bonchev–Trinajstić information content (AvgIpc) is 3.38. The van der Waals surface area contributed by atoms with Crippen LogP contribution in [0, 0.1) is 0 Å². The Morgan fingerprint density at radius 3 is 2.00 bits per heavy atom. The highest BCUT2D eigenvalue weighted by Gasteiger charge is 2.12. The summed E-state index contributed by atoms with van der Waals surface area (Å²) in [4.78, 5) is 40.3. The second-order valence-electron chi connectivity index (χ2n) is 7.62. The van der Waals surface area contributed by atoms with E-state index in [0.717, 1.165) is 22.3 Å². The molecule has 0 unspecified atom stereocenters. The van der Waals surface area contributed by atoms with Gasteiger partial charge in [-0.25, -0.2) is 4.79 Å². The molecule has 0 aliphatic carbocycles. The van der Waals surface area contributed by atoms with Crippen molar-refractivity contribution in [3.05, 3.63) is 100 Å². The number of rotatable bonds is 7. The van der Waals surface area contributed by atoms with E-state index in [1.165, 1.54) is 24.6 Å². The summed E-state index contributed by atoms with van der Waals surface area (Å²) in [6, 6.07) is 20.8. The van der Waals surface area contributed by atoms with Crippen molar-refractivity contribution >= 4 is 29.0 Å². The molecule has 6 nitrogen and oxygen atoms in total. The molecule has 2 aromatic heterocycles. The van der Waals surface area contributed by atoms with Crippen LogP contribution in [0.2, 0.25) is 0 Å². The number of methoxy groups -OCH3 is 1. The Hall–Kier alpha value is -4.10. The molecule has 0 saturated heterocycles. The van der Waals surface area contributed by atoms with Crippen molar-refractivity contribution in [3.8, 4) is 22.3 Å². The van der Waals surface area contributed by atoms with Crippen molar-refractivity contribution in [2.45, 2.75) is 13.5 Å². The normalized spacial score (nSPS) is 10.5. The number of thiophene rings is 1. The molecule has 0 radical (unpaired) electrons. The maximum absolute atomic E-state index is 12.6. The summed E-state index contributed by atoms with van der Waals surface area (Å²) < 4.78 is 4.65. The molecule has 0 aliphatic heterocycles. The monoisotopic (exact) mass is 470 g/mol. The van der Waals surface area contributed by atoms with Crippen molar-refractivity contribution < 1.29 is 19.1 Å². The van der Waals surface area contributed by atoms with Crippen LogP contribution in [0.5, 0.6) is 0 Å². The molecule has 0 fully saturated rings. The Kier molecular flexibility index (Phi) is 6.94. The van der Waals surface area contributed by atoms with Crippen LogP contribution < -0.4 is 5.32 Å². The van der Waals surface area contributed by atoms with Crippen LogP contribution in [0.25, 0.3) is 22.3 Å². The van der Waals surface area contributed by atoms with Crippen molar-refractivity contribution in [3.63, 3.8) is 0 Å². The lowest BCUT2D eigenvalue weighted by Gasteiger charge is -2.05. The van der Waals surface area contributed by atoms with E-state index in [4.69, 9.17) is 0 Å². The van der Waals surface area contributed by atoms with Gasteiger partial charge in [0.1, 0.15) is 0 Å². The van der Waals surface area contributed by atoms with Gasteiger partial charge in [-0.2, -0.15) is 0 Å². The Bertz CT molecular complexity index is 1320. The molecule has 170 valence electrons. The minimum absolute atomic E-state index is 0.0481. The van der Waals surface area contributed by atoms with E-state index in [9.17, 15) is 14.4 Å². The lowest BCUT2D eigenvalue weighted by atomic mass is 10.00. The SMILES string of the molecule is COC(=O)c1ccc(CNC(=O)c2cc(-c3ccc(-c4ccc(C(C)=O)cc4)cc3)cs2)nc1. The lowest BCUT2D eigenvalue weighted by molar-refractivity contribution is 0.0599. The zero-order valence-electron chi connectivity index (χ0n) is 18.7. The molecular formula is C27H22N2O4S. The van der Waals surface area contributed by atoms with Crippen LogP contribution in [0.3, 0.4) is 0 Å². The smallest absolute Gasteiger partial charge is 0.339 e. The predicted molar refractivity (Wildman–Crippen MR) is 132 cm³/mol. The number of Topliss-reactive ketones (excluding diaryl/α,β-unsaturated/α-hetero) is 1. The fourth-order valence-corrected chi connectivity index (χ4v) is 4.22. The number of carbonyl (C=O) groups excluding carboxylic acids is 3. The first-order valence-electron chi connectivity index (χ1n) is 10.6. The van der Waals surface area contributed by atoms with Crippen LogP contribution in [0.1, 0.15) is 43.0 Å². The molecule has 2 heterocycles. The summed E-state index contributed by atoms with van der Waals surface area (Å²) in [5, 5.41) is 4.81. The summed E-state index contributed by atoms with van der Waals surface area (Å²) in [6.45, 7) is 1.81. The maximum atomic E-state index is 12.6. The number of nitrogens with one attached hydrogen (secondary N) is 1. The molecule has 0 atom stereocenters. The molecular weight excluding hydrogens is 448 g/mol. The predicted octanol–water partition coefficient (Wildman–Crippen LogP) is 5.40. The molecule has 0 saturated carbocycles. The number of benzene rings is 2. The number of pyridine rings is 1. The average molecular weight is 471 g/mol. The molecule has 1 amide bonds. The number of carbonyl (C=O) groups is 3. The van der Waals surface area contributed by atoms with Gasteiger partial charge in [0, 0.05) is 11.8 Å². The minimum atomic E-state index is -0.451. The van der Waals surface area contributed by atoms with Crippen molar-refractivity contribution in [1.29, 1.82) is 0 Å². The number of esters is 1. The quantitative estimate of drug-likeness (QED) is 0.289. The number of hydrogen-bond acceptors (Lipinski definition) is 6. The molecule has 1 N–H and O–H groups in total. The van der Waals surface area contributed by atoms with Gasteiger partial charge < -0.3 is 10.1 Å². The van der Waals surface area contributed by atoms with Gasteiger partial charge in [0.25, 0.3) is 5.91 Å². The van der Waals surface area contributed by atoms with Gasteiger partial charge in [-0.1, -0.05) is 48.5 Å². The summed E-state index contributed by atoms with van der Waals surface area (Å²) >= 11 is 1.38. The standard InChI is InChI=1S/C27H22N2O4S/c1-17(30)18-3-5-19(6-4-18)20-7-9-21(10-8-20)23-13-25(34-16-23)26(31)29-15-24-12-11-22(14-28-24)27(32)33-2/h3-14,16H,15H2,1-2H3,(H,29,31). The fraction of sp³-hybridized carbons (Fsp3) is 0.111. The summed E-state index contributed by atoms with van der Waals surface area (Å²) in [7, 11) is 1.31. The third kappa shape index (κ3) is 5.27. The van der Waals surface area contributed by atoms with Gasteiger partial charge in [0.15, 0.2) is 5.78 Å². The summed E-state index contributed by atoms with van der Waals surface area (Å²) in [6.07, 6.45) is 1.43. The van der Waals surface area contributed by atoms with Gasteiger partial charge >= 0.3 is 5.97 Å². The van der Waals surface area contributed by atoms with E-state index in [2.05, 4.69) is 15.0 Å². The molecule has 34 heavy (non-hydrogen) atoms.